The molecule has 3 rings (SSSR count). The summed E-state index contributed by atoms with van der Waals surface area (Å²) >= 11 is 0. The molecular weight excluding hydrogens is 452 g/mol. The maximum absolute atomic E-state index is 13.3. The zero-order valence-corrected chi connectivity index (χ0v) is 21.7. The molecule has 0 aliphatic heterocycles. The third kappa shape index (κ3) is 6.80. The van der Waals surface area contributed by atoms with Gasteiger partial charge >= 0.3 is 0 Å². The molecule has 0 unspecified atom stereocenters. The topological polar surface area (TPSA) is 113 Å². The molecule has 0 saturated carbocycles. The van der Waals surface area contributed by atoms with Crippen molar-refractivity contribution in [3.63, 3.8) is 0 Å². The van der Waals surface area contributed by atoms with Gasteiger partial charge in [0.05, 0.1) is 22.3 Å². The minimum Gasteiger partial charge on any atom is -0.507 e. The van der Waals surface area contributed by atoms with E-state index in [2.05, 4.69) is 12.2 Å². The summed E-state index contributed by atoms with van der Waals surface area (Å²) in [7, 11) is 0. The van der Waals surface area contributed by atoms with Crippen LogP contribution >= 0.6 is 0 Å². The third-order valence-corrected chi connectivity index (χ3v) is 7.15. The Balaban J connectivity index is 1.41. The Morgan fingerprint density at radius 3 is 1.61 bits per heavy atom. The molecular formula is C30H42N2O4. The molecule has 0 saturated heterocycles. The van der Waals surface area contributed by atoms with Crippen LogP contribution in [0.4, 0.5) is 11.4 Å². The molecule has 36 heavy (non-hydrogen) atoms. The van der Waals surface area contributed by atoms with E-state index in [1.54, 1.807) is 6.07 Å². The number of unbranched alkanes of at least 4 members (excludes halogenated alkanes) is 13. The second kappa shape index (κ2) is 13.9. The van der Waals surface area contributed by atoms with Gasteiger partial charge in [0.2, 0.25) is 5.78 Å². The Bertz CT molecular complexity index is 1050. The second-order valence-electron chi connectivity index (χ2n) is 9.99. The van der Waals surface area contributed by atoms with Gasteiger partial charge in [0.1, 0.15) is 11.5 Å². The van der Waals surface area contributed by atoms with E-state index in [-0.39, 0.29) is 39.4 Å². The molecule has 2 aromatic rings. The largest absolute Gasteiger partial charge is 0.507 e. The number of aromatic hydroxyl groups is 2. The molecule has 0 aromatic heterocycles. The van der Waals surface area contributed by atoms with Crippen molar-refractivity contribution in [1.29, 1.82) is 0 Å². The lowest BCUT2D eigenvalue weighted by molar-refractivity contribution is 0.0975. The minimum absolute atomic E-state index is 0.00218. The number of carbonyl (C=O) groups is 2. The summed E-state index contributed by atoms with van der Waals surface area (Å²) in [6, 6.07) is 5.73. The van der Waals surface area contributed by atoms with Gasteiger partial charge in [-0.3, -0.25) is 9.59 Å². The highest BCUT2D eigenvalue weighted by Gasteiger charge is 2.37. The highest BCUT2D eigenvalue weighted by molar-refractivity contribution is 6.33. The molecule has 0 atom stereocenters. The standard InChI is InChI=1S/C30H42N2O4/c1-2-3-4-5-6-7-8-9-10-11-12-13-14-15-20-32-22-17-19-24(34)28-26(22)29(35)25-21(31)16-18-23(33)27(25)30(28)36/h16-19,32-34H,2-15,20,31H2,1H3. The van der Waals surface area contributed by atoms with Crippen molar-refractivity contribution in [2.75, 3.05) is 17.6 Å². The molecule has 6 heteroatoms. The summed E-state index contributed by atoms with van der Waals surface area (Å²) in [6.45, 7) is 2.92. The van der Waals surface area contributed by atoms with E-state index >= 15 is 0 Å². The van der Waals surface area contributed by atoms with Crippen LogP contribution in [0.5, 0.6) is 11.5 Å². The van der Waals surface area contributed by atoms with E-state index in [0.717, 1.165) is 12.8 Å². The first-order chi connectivity index (χ1) is 17.5. The summed E-state index contributed by atoms with van der Waals surface area (Å²) in [6.07, 6.45) is 18.0. The molecule has 1 aliphatic rings. The first-order valence-corrected chi connectivity index (χ1v) is 13.8. The van der Waals surface area contributed by atoms with Gasteiger partial charge in [-0.15, -0.1) is 0 Å². The van der Waals surface area contributed by atoms with Gasteiger partial charge in [-0.05, 0) is 30.7 Å². The summed E-state index contributed by atoms with van der Waals surface area (Å²) in [4.78, 5) is 26.3. The average molecular weight is 495 g/mol. The summed E-state index contributed by atoms with van der Waals surface area (Å²) in [5, 5.41) is 23.8. The van der Waals surface area contributed by atoms with E-state index in [0.29, 0.717) is 12.2 Å². The zero-order valence-electron chi connectivity index (χ0n) is 21.7. The zero-order chi connectivity index (χ0) is 25.9. The highest BCUT2D eigenvalue weighted by atomic mass is 16.3. The van der Waals surface area contributed by atoms with Gasteiger partial charge in [-0.25, -0.2) is 0 Å². The van der Waals surface area contributed by atoms with Crippen molar-refractivity contribution >= 4 is 22.9 Å². The quantitative estimate of drug-likeness (QED) is 0.0940. The predicted octanol–water partition coefficient (Wildman–Crippen LogP) is 7.35. The fourth-order valence-electron chi connectivity index (χ4n) is 5.08. The fourth-order valence-corrected chi connectivity index (χ4v) is 5.08. The Morgan fingerprint density at radius 1 is 0.611 bits per heavy atom. The smallest absolute Gasteiger partial charge is 0.202 e. The Kier molecular flexibility index (Phi) is 10.6. The molecule has 5 N–H and O–H groups in total. The van der Waals surface area contributed by atoms with Gasteiger partial charge in [0.25, 0.3) is 0 Å². The van der Waals surface area contributed by atoms with Gasteiger partial charge in [-0.1, -0.05) is 90.4 Å². The first kappa shape index (κ1) is 27.6. The number of nitrogens with one attached hydrogen (secondary N) is 1. The predicted molar refractivity (Wildman–Crippen MR) is 146 cm³/mol. The lowest BCUT2D eigenvalue weighted by atomic mass is 9.81. The molecule has 0 heterocycles. The highest BCUT2D eigenvalue weighted by Crippen LogP contribution is 2.41. The van der Waals surface area contributed by atoms with E-state index < -0.39 is 11.6 Å². The molecule has 196 valence electrons. The van der Waals surface area contributed by atoms with Gasteiger partial charge < -0.3 is 21.3 Å². The van der Waals surface area contributed by atoms with Crippen LogP contribution in [0.15, 0.2) is 24.3 Å². The fraction of sp³-hybridized carbons (Fsp3) is 0.533. The SMILES string of the molecule is CCCCCCCCCCCCCCCCNc1ccc(O)c2c1C(=O)c1c(N)ccc(O)c1C2=O. The summed E-state index contributed by atoms with van der Waals surface area (Å²) < 4.78 is 0. The van der Waals surface area contributed by atoms with Crippen molar-refractivity contribution < 1.29 is 19.8 Å². The summed E-state index contributed by atoms with van der Waals surface area (Å²) in [5.74, 6) is -1.66. The van der Waals surface area contributed by atoms with Crippen LogP contribution in [0, 0.1) is 0 Å². The maximum Gasteiger partial charge on any atom is 0.202 e. The molecule has 0 fully saturated rings. The van der Waals surface area contributed by atoms with E-state index in [4.69, 9.17) is 5.73 Å². The van der Waals surface area contributed by atoms with Crippen LogP contribution in [0.2, 0.25) is 0 Å². The first-order valence-electron chi connectivity index (χ1n) is 13.8. The van der Waals surface area contributed by atoms with Crippen LogP contribution in [-0.4, -0.2) is 28.3 Å². The normalized spacial score (nSPS) is 12.5. The van der Waals surface area contributed by atoms with E-state index in [1.165, 1.54) is 95.2 Å². The molecule has 1 aliphatic carbocycles. The number of benzene rings is 2. The third-order valence-electron chi connectivity index (χ3n) is 7.15. The number of ketones is 2. The number of phenolic OH excluding ortho intramolecular Hbond substituents is 2. The van der Waals surface area contributed by atoms with E-state index in [9.17, 15) is 19.8 Å². The number of rotatable bonds is 16. The van der Waals surface area contributed by atoms with Crippen molar-refractivity contribution in [3.8, 4) is 11.5 Å². The number of hydrogen-bond donors (Lipinski definition) is 4. The lowest BCUT2D eigenvalue weighted by Crippen LogP contribution is -2.24. The van der Waals surface area contributed by atoms with Crippen LogP contribution < -0.4 is 11.1 Å². The molecule has 6 nitrogen and oxygen atoms in total. The van der Waals surface area contributed by atoms with Gasteiger partial charge in [-0.2, -0.15) is 0 Å². The number of carbonyl (C=O) groups excluding carboxylic acids is 2. The number of nitrogen functional groups attached to an aromatic ring is 1. The number of nitrogens with two attached hydrogens (primary N) is 1. The number of anilines is 2. The molecule has 0 radical (unpaired) electrons. The van der Waals surface area contributed by atoms with Gasteiger partial charge in [0.15, 0.2) is 5.78 Å². The van der Waals surface area contributed by atoms with Crippen LogP contribution in [0.1, 0.15) is 129 Å². The van der Waals surface area contributed by atoms with Crippen LogP contribution in [-0.2, 0) is 0 Å². The lowest BCUT2D eigenvalue weighted by Gasteiger charge is -2.23. The molecule has 0 spiro atoms. The van der Waals surface area contributed by atoms with Crippen molar-refractivity contribution in [2.45, 2.75) is 96.8 Å². The van der Waals surface area contributed by atoms with Crippen LogP contribution in [0.25, 0.3) is 0 Å². The van der Waals surface area contributed by atoms with Gasteiger partial charge in [0, 0.05) is 17.9 Å². The molecule has 0 bridgehead atoms. The van der Waals surface area contributed by atoms with E-state index in [1.807, 2.05) is 0 Å². The number of phenols is 2. The van der Waals surface area contributed by atoms with Crippen LogP contribution in [0.3, 0.4) is 0 Å². The number of hydrogen-bond acceptors (Lipinski definition) is 6. The maximum atomic E-state index is 13.3. The summed E-state index contributed by atoms with van der Waals surface area (Å²) in [5.41, 5.74) is 6.50. The molecule has 2 aromatic carbocycles. The number of fused-ring (bicyclic) bond motifs is 2. The minimum atomic E-state index is -0.595. The second-order valence-corrected chi connectivity index (χ2v) is 9.99. The monoisotopic (exact) mass is 494 g/mol. The Hall–Kier alpha value is -3.02. The molecule has 0 amide bonds. The van der Waals surface area contributed by atoms with Crippen molar-refractivity contribution in [2.24, 2.45) is 0 Å². The average Bonchev–Trinajstić information content (AvgIpc) is 2.86. The Labute approximate surface area is 215 Å². The van der Waals surface area contributed by atoms with Crippen molar-refractivity contribution in [1.82, 2.24) is 0 Å². The van der Waals surface area contributed by atoms with Crippen molar-refractivity contribution in [3.05, 3.63) is 46.5 Å². The Morgan fingerprint density at radius 2 is 1.06 bits per heavy atom.